The van der Waals surface area contributed by atoms with Crippen LogP contribution in [0, 0.1) is 0 Å². The van der Waals surface area contributed by atoms with Gasteiger partial charge in [0.1, 0.15) is 5.75 Å². The van der Waals surface area contributed by atoms with Crippen molar-refractivity contribution in [3.8, 4) is 5.75 Å². The largest absolute Gasteiger partial charge is 0.421 e. The van der Waals surface area contributed by atoms with E-state index in [4.69, 9.17) is 4.74 Å². The van der Waals surface area contributed by atoms with E-state index < -0.39 is 5.97 Å². The van der Waals surface area contributed by atoms with E-state index >= 15 is 0 Å². The summed E-state index contributed by atoms with van der Waals surface area (Å²) in [5, 5.41) is 6.72. The zero-order valence-corrected chi connectivity index (χ0v) is 17.2. The normalized spacial score (nSPS) is 11.4. The number of benzene rings is 5. The lowest BCUT2D eigenvalue weighted by atomic mass is 9.94. The van der Waals surface area contributed by atoms with E-state index in [1.807, 2.05) is 47.2 Å². The molecule has 1 aromatic heterocycles. The summed E-state index contributed by atoms with van der Waals surface area (Å²) in [4.78, 5) is 17.2. The first-order chi connectivity index (χ1) is 15.8. The second kappa shape index (κ2) is 7.43. The van der Waals surface area contributed by atoms with Crippen molar-refractivity contribution >= 4 is 38.3 Å². The van der Waals surface area contributed by atoms with E-state index in [0.717, 1.165) is 21.7 Å². The highest BCUT2D eigenvalue weighted by Gasteiger charge is 2.18. The van der Waals surface area contributed by atoms with Crippen LogP contribution in [-0.2, 0) is 6.54 Å². The fourth-order valence-electron chi connectivity index (χ4n) is 4.38. The molecule has 0 aliphatic heterocycles. The van der Waals surface area contributed by atoms with Gasteiger partial charge in [-0.3, -0.25) is 0 Å². The molecule has 0 aliphatic rings. The third kappa shape index (κ3) is 3.13. The van der Waals surface area contributed by atoms with Crippen molar-refractivity contribution in [1.82, 2.24) is 4.98 Å². The zero-order chi connectivity index (χ0) is 21.5. The topological polar surface area (TPSA) is 43.1 Å². The van der Waals surface area contributed by atoms with Crippen LogP contribution in [0.25, 0.3) is 32.3 Å². The summed E-state index contributed by atoms with van der Waals surface area (Å²) < 4.78 is 7.78. The molecule has 0 bridgehead atoms. The molecule has 6 rings (SSSR count). The highest BCUT2D eigenvalue weighted by molar-refractivity contribution is 6.24. The van der Waals surface area contributed by atoms with E-state index in [0.29, 0.717) is 12.3 Å². The minimum Gasteiger partial charge on any atom is -0.421 e. The molecule has 152 valence electrons. The Morgan fingerprint density at radius 3 is 2.31 bits per heavy atom. The summed E-state index contributed by atoms with van der Waals surface area (Å²) in [5.41, 5.74) is 1.42. The van der Waals surface area contributed by atoms with Crippen molar-refractivity contribution in [3.05, 3.63) is 115 Å². The Balaban J connectivity index is 1.37. The molecule has 4 nitrogen and oxygen atoms in total. The van der Waals surface area contributed by atoms with Gasteiger partial charge in [-0.2, -0.15) is 4.57 Å². The van der Waals surface area contributed by atoms with Crippen molar-refractivity contribution in [2.75, 3.05) is 0 Å². The van der Waals surface area contributed by atoms with Gasteiger partial charge in [-0.1, -0.05) is 72.8 Å². The van der Waals surface area contributed by atoms with E-state index in [2.05, 4.69) is 53.5 Å². The number of rotatable bonds is 4. The summed E-state index contributed by atoms with van der Waals surface area (Å²) in [6.07, 6.45) is 5.20. The average molecular weight is 415 g/mol. The number of esters is 1. The van der Waals surface area contributed by atoms with Crippen molar-refractivity contribution in [3.63, 3.8) is 0 Å². The lowest BCUT2D eigenvalue weighted by Crippen LogP contribution is -2.35. The van der Waals surface area contributed by atoms with Crippen LogP contribution in [0.1, 0.15) is 16.1 Å². The van der Waals surface area contributed by atoms with Crippen molar-refractivity contribution in [2.24, 2.45) is 0 Å². The smallest absolute Gasteiger partial charge is 0.368 e. The zero-order valence-electron chi connectivity index (χ0n) is 17.2. The molecular weight excluding hydrogens is 396 g/mol. The number of carbonyl (C=O) groups excluding carboxylic acids is 1. The molecule has 0 fully saturated rings. The predicted molar refractivity (Wildman–Crippen MR) is 125 cm³/mol. The molecule has 0 N–H and O–H groups in total. The lowest BCUT2D eigenvalue weighted by Gasteiger charge is -2.13. The van der Waals surface area contributed by atoms with Crippen LogP contribution in [0.4, 0.5) is 0 Å². The quantitative estimate of drug-likeness (QED) is 0.164. The van der Waals surface area contributed by atoms with Gasteiger partial charge in [0.2, 0.25) is 11.9 Å². The van der Waals surface area contributed by atoms with Gasteiger partial charge in [0.15, 0.2) is 12.7 Å². The van der Waals surface area contributed by atoms with Gasteiger partial charge in [0, 0.05) is 16.3 Å². The molecule has 0 saturated heterocycles. The van der Waals surface area contributed by atoms with Gasteiger partial charge < -0.3 is 4.74 Å². The number of aromatic nitrogens is 2. The fourth-order valence-corrected chi connectivity index (χ4v) is 4.38. The Kier molecular flexibility index (Phi) is 4.29. The number of nitrogens with zero attached hydrogens (tertiary/aromatic N) is 2. The second-order valence-electron chi connectivity index (χ2n) is 7.91. The lowest BCUT2D eigenvalue weighted by molar-refractivity contribution is -0.689. The van der Waals surface area contributed by atoms with E-state index in [1.165, 1.54) is 16.2 Å². The van der Waals surface area contributed by atoms with Crippen molar-refractivity contribution < 1.29 is 14.1 Å². The number of hydrogen-bond donors (Lipinski definition) is 0. The van der Waals surface area contributed by atoms with Gasteiger partial charge >= 0.3 is 5.97 Å². The van der Waals surface area contributed by atoms with Gasteiger partial charge in [0.05, 0.1) is 6.20 Å². The van der Waals surface area contributed by atoms with Crippen LogP contribution in [0.5, 0.6) is 5.75 Å². The predicted octanol–water partition coefficient (Wildman–Crippen LogP) is 5.53. The molecule has 6 aromatic rings. The Labute approximate surface area is 184 Å². The minimum absolute atomic E-state index is 0.272. The SMILES string of the molecule is O=C(Oc1ccc2ccc3cccc4ccc1c2c34)c1c[n+](Cc2ccccc2)ccn1. The molecule has 0 aliphatic carbocycles. The average Bonchev–Trinajstić information content (AvgIpc) is 2.84. The Hall–Kier alpha value is -4.31. The molecule has 1 heterocycles. The fraction of sp³-hybridized carbons (Fsp3) is 0.0357. The Morgan fingerprint density at radius 1 is 0.781 bits per heavy atom. The molecule has 0 spiro atoms. The summed E-state index contributed by atoms with van der Waals surface area (Å²) in [6.45, 7) is 0.655. The molecule has 0 atom stereocenters. The maximum atomic E-state index is 13.0. The summed E-state index contributed by atoms with van der Waals surface area (Å²) in [5.74, 6) is 0.0726. The second-order valence-corrected chi connectivity index (χ2v) is 7.91. The van der Waals surface area contributed by atoms with Crippen molar-refractivity contribution in [1.29, 1.82) is 0 Å². The van der Waals surface area contributed by atoms with Gasteiger partial charge in [-0.25, -0.2) is 9.78 Å². The highest BCUT2D eigenvalue weighted by atomic mass is 16.5. The van der Waals surface area contributed by atoms with Crippen LogP contribution in [0.3, 0.4) is 0 Å². The molecule has 0 unspecified atom stereocenters. The highest BCUT2D eigenvalue weighted by Crippen LogP contribution is 2.38. The molecule has 0 amide bonds. The maximum Gasteiger partial charge on any atom is 0.368 e. The van der Waals surface area contributed by atoms with Gasteiger partial charge in [-0.05, 0) is 33.7 Å². The first-order valence-corrected chi connectivity index (χ1v) is 10.5. The summed E-state index contributed by atoms with van der Waals surface area (Å²) >= 11 is 0. The monoisotopic (exact) mass is 415 g/mol. The Morgan fingerprint density at radius 2 is 1.50 bits per heavy atom. The van der Waals surface area contributed by atoms with Crippen LogP contribution in [0.2, 0.25) is 0 Å². The van der Waals surface area contributed by atoms with Gasteiger partial charge in [0.25, 0.3) is 0 Å². The molecule has 32 heavy (non-hydrogen) atoms. The van der Waals surface area contributed by atoms with Gasteiger partial charge in [-0.15, -0.1) is 0 Å². The van der Waals surface area contributed by atoms with E-state index in [-0.39, 0.29) is 5.69 Å². The van der Waals surface area contributed by atoms with Crippen LogP contribution >= 0.6 is 0 Å². The number of hydrogen-bond acceptors (Lipinski definition) is 3. The molecule has 0 radical (unpaired) electrons. The van der Waals surface area contributed by atoms with Crippen LogP contribution < -0.4 is 9.30 Å². The minimum atomic E-state index is -0.470. The molecule has 4 heteroatoms. The summed E-state index contributed by atoms with van der Waals surface area (Å²) in [7, 11) is 0. The molecule has 5 aromatic carbocycles. The van der Waals surface area contributed by atoms with Crippen LogP contribution in [0.15, 0.2) is 104 Å². The maximum absolute atomic E-state index is 13.0. The van der Waals surface area contributed by atoms with E-state index in [9.17, 15) is 4.79 Å². The van der Waals surface area contributed by atoms with Crippen molar-refractivity contribution in [2.45, 2.75) is 6.54 Å². The standard InChI is InChI=1S/C28H19N2O2/c31-28(24-18-30(16-15-29-24)17-19-5-2-1-3-6-19)32-25-14-12-22-10-9-20-7-4-8-21-11-13-23(25)27(22)26(20)21/h1-16,18H,17H2/q+1. The number of ether oxygens (including phenoxy) is 1. The first kappa shape index (κ1) is 18.5. The molecular formula is C28H19N2O2+. The third-order valence-electron chi connectivity index (χ3n) is 5.87. The third-order valence-corrected chi connectivity index (χ3v) is 5.87. The first-order valence-electron chi connectivity index (χ1n) is 10.5. The molecule has 0 saturated carbocycles. The Bertz CT molecular complexity index is 1580. The number of carbonyl (C=O) groups is 1. The van der Waals surface area contributed by atoms with E-state index in [1.54, 1.807) is 12.4 Å². The summed E-state index contributed by atoms with van der Waals surface area (Å²) in [6, 6.07) is 28.6. The van der Waals surface area contributed by atoms with Crippen LogP contribution in [-0.4, -0.2) is 11.0 Å².